The molecule has 1 saturated heterocycles. The minimum absolute atomic E-state index is 0.117. The molecule has 1 aliphatic rings. The monoisotopic (exact) mass is 279 g/mol. The molecule has 1 atom stereocenters. The SMILES string of the molecule is FC(F)(F)c1nnc2sc(C3CNCCO3)nn12. The summed E-state index contributed by atoms with van der Waals surface area (Å²) < 4.78 is 44.0. The van der Waals surface area contributed by atoms with Gasteiger partial charge in [-0.1, -0.05) is 11.3 Å². The van der Waals surface area contributed by atoms with Gasteiger partial charge in [-0.3, -0.25) is 0 Å². The molecule has 3 rings (SSSR count). The van der Waals surface area contributed by atoms with Gasteiger partial charge in [0, 0.05) is 13.1 Å². The van der Waals surface area contributed by atoms with Crippen molar-refractivity contribution < 1.29 is 17.9 Å². The van der Waals surface area contributed by atoms with Crippen LogP contribution < -0.4 is 5.32 Å². The van der Waals surface area contributed by atoms with E-state index in [1.807, 2.05) is 0 Å². The zero-order valence-electron chi connectivity index (χ0n) is 8.94. The van der Waals surface area contributed by atoms with Gasteiger partial charge in [0.1, 0.15) is 11.1 Å². The predicted molar refractivity (Wildman–Crippen MR) is 55.2 cm³/mol. The number of morpholine rings is 1. The molecule has 2 aromatic rings. The van der Waals surface area contributed by atoms with Crippen LogP contribution in [0.2, 0.25) is 0 Å². The summed E-state index contributed by atoms with van der Waals surface area (Å²) in [5.74, 6) is -1.11. The van der Waals surface area contributed by atoms with Crippen molar-refractivity contribution in [2.75, 3.05) is 19.7 Å². The first kappa shape index (κ1) is 11.8. The van der Waals surface area contributed by atoms with Gasteiger partial charge in [-0.25, -0.2) is 0 Å². The lowest BCUT2D eigenvalue weighted by molar-refractivity contribution is -0.146. The van der Waals surface area contributed by atoms with Crippen molar-refractivity contribution >= 4 is 16.3 Å². The maximum absolute atomic E-state index is 12.6. The number of rotatable bonds is 1. The van der Waals surface area contributed by atoms with Gasteiger partial charge in [-0.2, -0.15) is 22.8 Å². The third kappa shape index (κ3) is 1.95. The van der Waals surface area contributed by atoms with Crippen LogP contribution in [-0.2, 0) is 10.9 Å². The van der Waals surface area contributed by atoms with Crippen molar-refractivity contribution in [3.05, 3.63) is 10.8 Å². The molecule has 1 unspecified atom stereocenters. The Labute approximate surface area is 103 Å². The molecule has 1 aliphatic heterocycles. The molecule has 6 nitrogen and oxygen atoms in total. The molecule has 0 spiro atoms. The third-order valence-electron chi connectivity index (χ3n) is 2.46. The molecule has 1 fully saturated rings. The first-order valence-corrected chi connectivity index (χ1v) is 5.99. The van der Waals surface area contributed by atoms with E-state index in [0.717, 1.165) is 22.4 Å². The number of halogens is 3. The number of aromatic nitrogens is 4. The van der Waals surface area contributed by atoms with Gasteiger partial charge < -0.3 is 10.1 Å². The maximum Gasteiger partial charge on any atom is 0.453 e. The number of hydrogen-bond donors (Lipinski definition) is 1. The van der Waals surface area contributed by atoms with Gasteiger partial charge in [0.05, 0.1) is 6.61 Å². The van der Waals surface area contributed by atoms with E-state index in [1.165, 1.54) is 0 Å². The van der Waals surface area contributed by atoms with E-state index < -0.39 is 12.0 Å². The minimum Gasteiger partial charge on any atom is -0.368 e. The lowest BCUT2D eigenvalue weighted by Crippen LogP contribution is -2.33. The molecule has 0 aliphatic carbocycles. The highest BCUT2D eigenvalue weighted by molar-refractivity contribution is 7.16. The summed E-state index contributed by atoms with van der Waals surface area (Å²) in [5, 5.41) is 14.0. The Kier molecular flexibility index (Phi) is 2.72. The van der Waals surface area contributed by atoms with Crippen molar-refractivity contribution in [2.24, 2.45) is 0 Å². The van der Waals surface area contributed by atoms with Crippen LogP contribution in [0, 0.1) is 0 Å². The number of ether oxygens (including phenoxy) is 1. The first-order chi connectivity index (χ1) is 8.55. The lowest BCUT2D eigenvalue weighted by atomic mass is 10.3. The molecular formula is C8H8F3N5OS. The average Bonchev–Trinajstić information content (AvgIpc) is 2.87. The molecule has 0 radical (unpaired) electrons. The van der Waals surface area contributed by atoms with Gasteiger partial charge in [0.25, 0.3) is 5.82 Å². The average molecular weight is 279 g/mol. The quantitative estimate of drug-likeness (QED) is 0.839. The Morgan fingerprint density at radius 2 is 2.22 bits per heavy atom. The van der Waals surface area contributed by atoms with Crippen molar-refractivity contribution in [2.45, 2.75) is 12.3 Å². The highest BCUT2D eigenvalue weighted by Crippen LogP contribution is 2.30. The molecule has 10 heteroatoms. The fraction of sp³-hybridized carbons (Fsp3) is 0.625. The highest BCUT2D eigenvalue weighted by atomic mass is 32.1. The molecule has 0 amide bonds. The van der Waals surface area contributed by atoms with Crippen LogP contribution in [0.3, 0.4) is 0 Å². The van der Waals surface area contributed by atoms with Crippen LogP contribution in [0.1, 0.15) is 16.9 Å². The van der Waals surface area contributed by atoms with E-state index in [0.29, 0.717) is 18.2 Å². The normalized spacial score (nSPS) is 21.6. The van der Waals surface area contributed by atoms with E-state index >= 15 is 0 Å². The van der Waals surface area contributed by atoms with E-state index in [-0.39, 0.29) is 11.1 Å². The summed E-state index contributed by atoms with van der Waals surface area (Å²) in [6, 6.07) is 0. The fourth-order valence-corrected chi connectivity index (χ4v) is 2.55. The van der Waals surface area contributed by atoms with Crippen LogP contribution in [-0.4, -0.2) is 39.5 Å². The van der Waals surface area contributed by atoms with E-state index in [1.54, 1.807) is 0 Å². The number of nitrogens with zero attached hydrogens (tertiary/aromatic N) is 4. The van der Waals surface area contributed by atoms with Gasteiger partial charge in [0.2, 0.25) is 4.96 Å². The van der Waals surface area contributed by atoms with Crippen molar-refractivity contribution in [3.63, 3.8) is 0 Å². The Morgan fingerprint density at radius 3 is 2.89 bits per heavy atom. The summed E-state index contributed by atoms with van der Waals surface area (Å²) in [6.07, 6.45) is -4.89. The van der Waals surface area contributed by atoms with Gasteiger partial charge in [-0.15, -0.1) is 10.2 Å². The molecule has 0 bridgehead atoms. The Balaban J connectivity index is 1.98. The zero-order valence-corrected chi connectivity index (χ0v) is 9.75. The number of nitrogens with one attached hydrogen (secondary N) is 1. The number of fused-ring (bicyclic) bond motifs is 1. The Hall–Kier alpha value is -1.26. The van der Waals surface area contributed by atoms with Gasteiger partial charge in [0.15, 0.2) is 0 Å². The molecular weight excluding hydrogens is 271 g/mol. The topological polar surface area (TPSA) is 64.3 Å². The zero-order chi connectivity index (χ0) is 12.8. The fourth-order valence-electron chi connectivity index (χ4n) is 1.66. The van der Waals surface area contributed by atoms with Crippen molar-refractivity contribution in [1.29, 1.82) is 0 Å². The van der Waals surface area contributed by atoms with Crippen LogP contribution in [0.15, 0.2) is 0 Å². The summed E-state index contributed by atoms with van der Waals surface area (Å²) >= 11 is 1.05. The van der Waals surface area contributed by atoms with Gasteiger partial charge in [-0.05, 0) is 0 Å². The molecule has 1 N–H and O–H groups in total. The summed E-state index contributed by atoms with van der Waals surface area (Å²) in [5.41, 5.74) is 0. The lowest BCUT2D eigenvalue weighted by Gasteiger charge is -2.21. The summed E-state index contributed by atoms with van der Waals surface area (Å²) in [7, 11) is 0. The van der Waals surface area contributed by atoms with Gasteiger partial charge >= 0.3 is 6.18 Å². The molecule has 0 aromatic carbocycles. The second-order valence-corrected chi connectivity index (χ2v) is 4.71. The standard InChI is InChI=1S/C8H8F3N5OS/c9-8(10,11)6-13-14-7-16(6)15-5(18-7)4-3-12-1-2-17-4/h4,12H,1-3H2. The third-order valence-corrected chi connectivity index (χ3v) is 3.45. The maximum atomic E-state index is 12.6. The molecule has 18 heavy (non-hydrogen) atoms. The predicted octanol–water partition coefficient (Wildman–Crippen LogP) is 0.865. The van der Waals surface area contributed by atoms with Crippen LogP contribution in [0.25, 0.3) is 4.96 Å². The Bertz CT molecular complexity index is 559. The Morgan fingerprint density at radius 1 is 1.39 bits per heavy atom. The van der Waals surface area contributed by atoms with Crippen molar-refractivity contribution in [1.82, 2.24) is 25.1 Å². The van der Waals surface area contributed by atoms with E-state index in [9.17, 15) is 13.2 Å². The van der Waals surface area contributed by atoms with E-state index in [2.05, 4.69) is 20.6 Å². The summed E-state index contributed by atoms with van der Waals surface area (Å²) in [4.78, 5) is 0.117. The summed E-state index contributed by atoms with van der Waals surface area (Å²) in [6.45, 7) is 1.77. The van der Waals surface area contributed by atoms with E-state index in [4.69, 9.17) is 4.74 Å². The number of alkyl halides is 3. The number of hydrogen-bond acceptors (Lipinski definition) is 6. The molecule has 98 valence electrons. The minimum atomic E-state index is -4.56. The van der Waals surface area contributed by atoms with Crippen LogP contribution >= 0.6 is 11.3 Å². The molecule has 3 heterocycles. The highest BCUT2D eigenvalue weighted by Gasteiger charge is 2.38. The van der Waals surface area contributed by atoms with Crippen LogP contribution in [0.4, 0.5) is 13.2 Å². The second-order valence-electron chi connectivity index (χ2n) is 3.72. The van der Waals surface area contributed by atoms with Crippen LogP contribution in [0.5, 0.6) is 0 Å². The molecule has 2 aromatic heterocycles. The smallest absolute Gasteiger partial charge is 0.368 e. The largest absolute Gasteiger partial charge is 0.453 e. The van der Waals surface area contributed by atoms with Crippen molar-refractivity contribution in [3.8, 4) is 0 Å². The first-order valence-electron chi connectivity index (χ1n) is 5.17. The second kappa shape index (κ2) is 4.14. The molecule has 0 saturated carbocycles.